The molecule has 4 rings (SSSR count). The summed E-state index contributed by atoms with van der Waals surface area (Å²) in [5, 5.41) is 19.1. The van der Waals surface area contributed by atoms with Crippen molar-refractivity contribution in [1.82, 2.24) is 19.7 Å². The average molecular weight is 410 g/mol. The molecule has 1 amide bonds. The van der Waals surface area contributed by atoms with E-state index >= 15 is 0 Å². The minimum Gasteiger partial charge on any atom is -0.465 e. The van der Waals surface area contributed by atoms with Crippen molar-refractivity contribution in [3.8, 4) is 5.69 Å². The predicted molar refractivity (Wildman–Crippen MR) is 111 cm³/mol. The fourth-order valence-electron chi connectivity index (χ4n) is 3.57. The van der Waals surface area contributed by atoms with Crippen LogP contribution in [0.1, 0.15) is 42.8 Å². The van der Waals surface area contributed by atoms with Crippen molar-refractivity contribution in [2.75, 3.05) is 6.54 Å². The maximum absolute atomic E-state index is 12.0. The first kappa shape index (κ1) is 19.1. The highest BCUT2D eigenvalue weighted by atomic mass is 35.5. The Kier molecular flexibility index (Phi) is 5.07. The quantitative estimate of drug-likeness (QED) is 0.695. The number of halogens is 1. The molecular weight excluding hydrogens is 390 g/mol. The first-order valence-corrected chi connectivity index (χ1v) is 9.80. The molecule has 2 aromatic carbocycles. The van der Waals surface area contributed by atoms with Crippen molar-refractivity contribution in [3.05, 3.63) is 76.3 Å². The predicted octanol–water partition coefficient (Wildman–Crippen LogP) is 4.33. The van der Waals surface area contributed by atoms with E-state index in [2.05, 4.69) is 10.2 Å². The molecule has 0 spiro atoms. The van der Waals surface area contributed by atoms with Gasteiger partial charge in [-0.2, -0.15) is 0 Å². The fourth-order valence-corrected chi connectivity index (χ4v) is 3.69. The van der Waals surface area contributed by atoms with E-state index in [9.17, 15) is 9.90 Å². The van der Waals surface area contributed by atoms with Crippen molar-refractivity contribution in [2.45, 2.75) is 26.4 Å². The molecule has 0 radical (unpaired) electrons. The second-order valence-electron chi connectivity index (χ2n) is 6.61. The van der Waals surface area contributed by atoms with Crippen LogP contribution in [0.5, 0.6) is 0 Å². The van der Waals surface area contributed by atoms with E-state index in [0.717, 1.165) is 22.6 Å². The molecular formula is C21H20ClN5O2. The molecule has 3 aromatic rings. The SMILES string of the molecule is CCc1nnc2n1-c1ccccc1C(c1ccc(Cl)cc1)=NC2N(CC)C(=O)O. The van der Waals surface area contributed by atoms with Crippen LogP contribution in [0, 0.1) is 0 Å². The zero-order valence-electron chi connectivity index (χ0n) is 16.1. The average Bonchev–Trinajstić information content (AvgIpc) is 3.09. The molecule has 1 unspecified atom stereocenters. The van der Waals surface area contributed by atoms with Crippen LogP contribution in [0.25, 0.3) is 5.69 Å². The van der Waals surface area contributed by atoms with Crippen LogP contribution in [0.3, 0.4) is 0 Å². The minimum absolute atomic E-state index is 0.266. The minimum atomic E-state index is -1.06. The Balaban J connectivity index is 2.04. The number of rotatable bonds is 4. The van der Waals surface area contributed by atoms with E-state index in [4.69, 9.17) is 16.6 Å². The van der Waals surface area contributed by atoms with Gasteiger partial charge < -0.3 is 5.11 Å². The third kappa shape index (κ3) is 3.27. The van der Waals surface area contributed by atoms with Crippen LogP contribution >= 0.6 is 11.6 Å². The second kappa shape index (κ2) is 7.67. The Morgan fingerprint density at radius 1 is 1.14 bits per heavy atom. The van der Waals surface area contributed by atoms with Crippen molar-refractivity contribution in [2.24, 2.45) is 4.99 Å². The highest BCUT2D eigenvalue weighted by Gasteiger charge is 2.33. The molecule has 1 aliphatic heterocycles. The van der Waals surface area contributed by atoms with Crippen LogP contribution in [0.4, 0.5) is 4.79 Å². The monoisotopic (exact) mass is 409 g/mol. The smallest absolute Gasteiger partial charge is 0.409 e. The lowest BCUT2D eigenvalue weighted by molar-refractivity contribution is 0.126. The molecule has 0 fully saturated rings. The first-order valence-electron chi connectivity index (χ1n) is 9.42. The Labute approximate surface area is 173 Å². The summed E-state index contributed by atoms with van der Waals surface area (Å²) in [6, 6.07) is 15.2. The van der Waals surface area contributed by atoms with Crippen LogP contribution in [0.15, 0.2) is 53.5 Å². The summed E-state index contributed by atoms with van der Waals surface area (Å²) in [6.07, 6.45) is -1.22. The lowest BCUT2D eigenvalue weighted by atomic mass is 10.0. The number of hydrogen-bond donors (Lipinski definition) is 1. The van der Waals surface area contributed by atoms with Crippen molar-refractivity contribution in [1.29, 1.82) is 0 Å². The van der Waals surface area contributed by atoms with Gasteiger partial charge in [0, 0.05) is 29.1 Å². The summed E-state index contributed by atoms with van der Waals surface area (Å²) in [5.41, 5.74) is 3.30. The molecule has 1 N–H and O–H groups in total. The number of nitrogens with zero attached hydrogens (tertiary/aromatic N) is 5. The number of aromatic nitrogens is 3. The third-order valence-electron chi connectivity index (χ3n) is 4.95. The number of fused-ring (bicyclic) bond motifs is 3. The van der Waals surface area contributed by atoms with Crippen LogP contribution in [-0.2, 0) is 6.42 Å². The number of aryl methyl sites for hydroxylation is 1. The van der Waals surface area contributed by atoms with Gasteiger partial charge in [0.1, 0.15) is 5.82 Å². The first-order chi connectivity index (χ1) is 14.0. The van der Waals surface area contributed by atoms with Gasteiger partial charge in [-0.05, 0) is 25.1 Å². The van der Waals surface area contributed by atoms with Gasteiger partial charge >= 0.3 is 6.09 Å². The summed E-state index contributed by atoms with van der Waals surface area (Å²) in [7, 11) is 0. The van der Waals surface area contributed by atoms with Gasteiger partial charge in [-0.3, -0.25) is 14.5 Å². The zero-order chi connectivity index (χ0) is 20.5. The molecule has 0 saturated carbocycles. The molecule has 29 heavy (non-hydrogen) atoms. The van der Waals surface area contributed by atoms with Crippen LogP contribution in [0.2, 0.25) is 5.02 Å². The molecule has 1 atom stereocenters. The molecule has 7 nitrogen and oxygen atoms in total. The highest BCUT2D eigenvalue weighted by molar-refractivity contribution is 6.30. The summed E-state index contributed by atoms with van der Waals surface area (Å²) in [4.78, 5) is 18.1. The summed E-state index contributed by atoms with van der Waals surface area (Å²) >= 11 is 6.07. The maximum atomic E-state index is 12.0. The van der Waals surface area contributed by atoms with Crippen LogP contribution in [-0.4, -0.2) is 43.1 Å². The van der Waals surface area contributed by atoms with E-state index < -0.39 is 12.3 Å². The van der Waals surface area contributed by atoms with Gasteiger partial charge in [0.05, 0.1) is 11.4 Å². The lowest BCUT2D eigenvalue weighted by Crippen LogP contribution is -2.34. The van der Waals surface area contributed by atoms with Gasteiger partial charge in [0.2, 0.25) is 0 Å². The highest BCUT2D eigenvalue weighted by Crippen LogP contribution is 2.33. The number of benzene rings is 2. The van der Waals surface area contributed by atoms with Crippen molar-refractivity contribution >= 4 is 23.4 Å². The Hall–Kier alpha value is -3.19. The molecule has 2 heterocycles. The Morgan fingerprint density at radius 2 is 1.86 bits per heavy atom. The van der Waals surface area contributed by atoms with Gasteiger partial charge in [0.15, 0.2) is 12.0 Å². The number of carbonyl (C=O) groups is 1. The molecule has 0 saturated heterocycles. The fraction of sp³-hybridized carbons (Fsp3) is 0.238. The molecule has 8 heteroatoms. The van der Waals surface area contributed by atoms with E-state index in [1.165, 1.54) is 4.90 Å². The van der Waals surface area contributed by atoms with E-state index in [1.54, 1.807) is 19.1 Å². The second-order valence-corrected chi connectivity index (χ2v) is 7.04. The van der Waals surface area contributed by atoms with Gasteiger partial charge in [0.25, 0.3) is 0 Å². The topological polar surface area (TPSA) is 83.6 Å². The molecule has 148 valence electrons. The van der Waals surface area contributed by atoms with E-state index in [1.807, 2.05) is 47.9 Å². The number of amides is 1. The summed E-state index contributed by atoms with van der Waals surface area (Å²) < 4.78 is 1.93. The lowest BCUT2D eigenvalue weighted by Gasteiger charge is -2.24. The molecule has 1 aliphatic rings. The summed E-state index contributed by atoms with van der Waals surface area (Å²) in [5.74, 6) is 1.24. The van der Waals surface area contributed by atoms with Crippen molar-refractivity contribution < 1.29 is 9.90 Å². The normalized spacial score (nSPS) is 15.1. The molecule has 1 aromatic heterocycles. The number of hydrogen-bond acceptors (Lipinski definition) is 4. The van der Waals surface area contributed by atoms with E-state index in [-0.39, 0.29) is 6.54 Å². The Bertz CT molecular complexity index is 1090. The third-order valence-corrected chi connectivity index (χ3v) is 5.20. The number of para-hydroxylation sites is 1. The standard InChI is InChI=1S/C21H20ClN5O2/c1-3-17-24-25-20-19(26(4-2)21(28)29)23-18(13-9-11-14(22)12-10-13)15-7-5-6-8-16(15)27(17)20/h5-12,19H,3-4H2,1-2H3,(H,28,29). The van der Waals surface area contributed by atoms with Gasteiger partial charge in [-0.1, -0.05) is 48.9 Å². The van der Waals surface area contributed by atoms with Crippen molar-refractivity contribution in [3.63, 3.8) is 0 Å². The molecule has 0 aliphatic carbocycles. The van der Waals surface area contributed by atoms with E-state index in [0.29, 0.717) is 23.0 Å². The van der Waals surface area contributed by atoms with Gasteiger partial charge in [-0.25, -0.2) is 4.79 Å². The number of carboxylic acid groups (broad SMARTS) is 1. The largest absolute Gasteiger partial charge is 0.465 e. The Morgan fingerprint density at radius 3 is 2.52 bits per heavy atom. The maximum Gasteiger partial charge on any atom is 0.409 e. The van der Waals surface area contributed by atoms with Gasteiger partial charge in [-0.15, -0.1) is 10.2 Å². The number of aliphatic imine (C=N–C) groups is 1. The summed E-state index contributed by atoms with van der Waals surface area (Å²) in [6.45, 7) is 4.04. The zero-order valence-corrected chi connectivity index (χ0v) is 16.8. The van der Waals surface area contributed by atoms with Crippen LogP contribution < -0.4 is 0 Å². The molecule has 0 bridgehead atoms.